The zero-order chi connectivity index (χ0) is 17.0. The molecule has 5 aliphatic rings. The van der Waals surface area contributed by atoms with Gasteiger partial charge in [0.05, 0.1) is 5.60 Å². The highest BCUT2D eigenvalue weighted by Crippen LogP contribution is 2.56. The Morgan fingerprint density at radius 2 is 1.84 bits per heavy atom. The molecule has 1 amide bonds. The third-order valence-electron chi connectivity index (χ3n) is 7.11. The van der Waals surface area contributed by atoms with Gasteiger partial charge in [-0.2, -0.15) is 0 Å². The van der Waals surface area contributed by atoms with Gasteiger partial charge in [0, 0.05) is 19.0 Å². The largest absolute Gasteiger partial charge is 0.446 e. The van der Waals surface area contributed by atoms with Crippen LogP contribution in [-0.2, 0) is 4.74 Å². The zero-order valence-electron chi connectivity index (χ0n) is 14.6. The van der Waals surface area contributed by atoms with E-state index in [1.807, 2.05) is 11.0 Å². The fourth-order valence-corrected chi connectivity index (χ4v) is 6.24. The Kier molecular flexibility index (Phi) is 3.60. The summed E-state index contributed by atoms with van der Waals surface area (Å²) in [7, 11) is 0. The minimum absolute atomic E-state index is 0.0279. The van der Waals surface area contributed by atoms with Crippen LogP contribution in [0.25, 0.3) is 0 Å². The number of benzene rings is 1. The molecule has 1 saturated heterocycles. The molecule has 4 saturated carbocycles. The first kappa shape index (κ1) is 15.7. The van der Waals surface area contributed by atoms with Gasteiger partial charge in [0.1, 0.15) is 6.10 Å². The predicted octanol–water partition coefficient (Wildman–Crippen LogP) is 3.55. The van der Waals surface area contributed by atoms with Crippen LogP contribution in [0.15, 0.2) is 30.3 Å². The molecule has 3 unspecified atom stereocenters. The van der Waals surface area contributed by atoms with Crippen molar-refractivity contribution in [2.45, 2.75) is 56.1 Å². The highest BCUT2D eigenvalue weighted by molar-refractivity contribution is 5.68. The monoisotopic (exact) mass is 341 g/mol. The summed E-state index contributed by atoms with van der Waals surface area (Å²) in [6.07, 6.45) is 5.77. The SMILES string of the molecule is O=C(OC1C2CC3CC1CC(O)(C3)C2)N1CCC(c2ccccc2)C1. The average Bonchev–Trinajstić information content (AvgIpc) is 3.07. The van der Waals surface area contributed by atoms with E-state index in [-0.39, 0.29) is 12.2 Å². The molecule has 6 rings (SSSR count). The number of rotatable bonds is 2. The van der Waals surface area contributed by atoms with Crippen molar-refractivity contribution in [1.82, 2.24) is 4.90 Å². The van der Waals surface area contributed by atoms with Crippen molar-refractivity contribution in [3.8, 4) is 0 Å². The minimum Gasteiger partial charge on any atom is -0.446 e. The molecule has 1 heterocycles. The number of carbonyl (C=O) groups excluding carboxylic acids is 1. The molecule has 4 nitrogen and oxygen atoms in total. The Morgan fingerprint density at radius 3 is 2.52 bits per heavy atom. The average molecular weight is 341 g/mol. The van der Waals surface area contributed by atoms with E-state index < -0.39 is 5.60 Å². The summed E-state index contributed by atoms with van der Waals surface area (Å²) < 4.78 is 6.02. The number of hydrogen-bond donors (Lipinski definition) is 1. The lowest BCUT2D eigenvalue weighted by molar-refractivity contribution is -0.177. The maximum Gasteiger partial charge on any atom is 0.410 e. The molecule has 0 spiro atoms. The predicted molar refractivity (Wildman–Crippen MR) is 94.1 cm³/mol. The van der Waals surface area contributed by atoms with Gasteiger partial charge >= 0.3 is 6.09 Å². The number of carbonyl (C=O) groups is 1. The quantitative estimate of drug-likeness (QED) is 0.895. The van der Waals surface area contributed by atoms with Gasteiger partial charge in [-0.05, 0) is 61.8 Å². The van der Waals surface area contributed by atoms with E-state index in [4.69, 9.17) is 4.74 Å². The summed E-state index contributed by atoms with van der Waals surface area (Å²) >= 11 is 0. The van der Waals surface area contributed by atoms with E-state index in [0.29, 0.717) is 23.7 Å². The maximum atomic E-state index is 12.7. The molecule has 4 heteroatoms. The van der Waals surface area contributed by atoms with E-state index in [1.165, 1.54) is 5.56 Å². The number of ether oxygens (including phenoxy) is 1. The highest BCUT2D eigenvalue weighted by Gasteiger charge is 2.56. The Labute approximate surface area is 149 Å². The molecule has 25 heavy (non-hydrogen) atoms. The second-order valence-electron chi connectivity index (χ2n) is 8.88. The lowest BCUT2D eigenvalue weighted by atomic mass is 9.53. The number of aliphatic hydroxyl groups is 1. The molecule has 0 radical (unpaired) electrons. The van der Waals surface area contributed by atoms with Gasteiger partial charge in [-0.15, -0.1) is 0 Å². The molecule has 134 valence electrons. The van der Waals surface area contributed by atoms with Crippen LogP contribution < -0.4 is 0 Å². The summed E-state index contributed by atoms with van der Waals surface area (Å²) in [6, 6.07) is 10.5. The first-order valence-electron chi connectivity index (χ1n) is 9.82. The van der Waals surface area contributed by atoms with Crippen LogP contribution in [0.2, 0.25) is 0 Å². The van der Waals surface area contributed by atoms with Crippen molar-refractivity contribution in [2.75, 3.05) is 13.1 Å². The molecule has 1 aromatic carbocycles. The van der Waals surface area contributed by atoms with Gasteiger partial charge in [0.25, 0.3) is 0 Å². The van der Waals surface area contributed by atoms with Crippen molar-refractivity contribution in [1.29, 1.82) is 0 Å². The smallest absolute Gasteiger partial charge is 0.410 e. The van der Waals surface area contributed by atoms with E-state index >= 15 is 0 Å². The van der Waals surface area contributed by atoms with Crippen molar-refractivity contribution < 1.29 is 14.6 Å². The molecule has 1 aliphatic heterocycles. The topological polar surface area (TPSA) is 49.8 Å². The Morgan fingerprint density at radius 1 is 1.12 bits per heavy atom. The summed E-state index contributed by atoms with van der Waals surface area (Å²) in [6.45, 7) is 1.55. The van der Waals surface area contributed by atoms with Gasteiger partial charge in [-0.3, -0.25) is 0 Å². The van der Waals surface area contributed by atoms with E-state index in [1.54, 1.807) is 0 Å². The van der Waals surface area contributed by atoms with Gasteiger partial charge in [-0.1, -0.05) is 30.3 Å². The minimum atomic E-state index is -0.467. The van der Waals surface area contributed by atoms with Crippen LogP contribution in [0.4, 0.5) is 4.79 Å². The number of amides is 1. The van der Waals surface area contributed by atoms with Crippen LogP contribution in [0, 0.1) is 17.8 Å². The van der Waals surface area contributed by atoms with Gasteiger partial charge < -0.3 is 14.7 Å². The second-order valence-corrected chi connectivity index (χ2v) is 8.88. The first-order chi connectivity index (χ1) is 12.1. The normalized spacial score (nSPS) is 42.0. The van der Waals surface area contributed by atoms with E-state index in [9.17, 15) is 9.90 Å². The van der Waals surface area contributed by atoms with Crippen LogP contribution in [0.5, 0.6) is 0 Å². The summed E-state index contributed by atoms with van der Waals surface area (Å²) in [5, 5.41) is 10.7. The van der Waals surface area contributed by atoms with Crippen LogP contribution in [-0.4, -0.2) is 40.9 Å². The Balaban J connectivity index is 1.23. The van der Waals surface area contributed by atoms with Crippen molar-refractivity contribution in [3.63, 3.8) is 0 Å². The van der Waals surface area contributed by atoms with Gasteiger partial charge in [-0.25, -0.2) is 4.79 Å². The summed E-state index contributed by atoms with van der Waals surface area (Å²) in [4.78, 5) is 14.6. The van der Waals surface area contributed by atoms with Crippen molar-refractivity contribution in [2.24, 2.45) is 17.8 Å². The number of hydrogen-bond acceptors (Lipinski definition) is 3. The van der Waals surface area contributed by atoms with Crippen LogP contribution in [0.3, 0.4) is 0 Å². The molecule has 4 bridgehead atoms. The van der Waals surface area contributed by atoms with Crippen molar-refractivity contribution >= 4 is 6.09 Å². The molecule has 1 N–H and O–H groups in total. The fourth-order valence-electron chi connectivity index (χ4n) is 6.24. The molecule has 3 atom stereocenters. The highest BCUT2D eigenvalue weighted by atomic mass is 16.6. The fraction of sp³-hybridized carbons (Fsp3) is 0.667. The van der Waals surface area contributed by atoms with E-state index in [2.05, 4.69) is 24.3 Å². The second kappa shape index (κ2) is 5.73. The molecule has 1 aromatic rings. The molecule has 4 aliphatic carbocycles. The molecular formula is C21H27NO3. The van der Waals surface area contributed by atoms with Crippen LogP contribution in [0.1, 0.15) is 50.0 Å². The summed E-state index contributed by atoms with van der Waals surface area (Å²) in [5.41, 5.74) is 0.848. The van der Waals surface area contributed by atoms with E-state index in [0.717, 1.165) is 51.6 Å². The lowest BCUT2D eigenvalue weighted by Crippen LogP contribution is -2.58. The number of nitrogens with zero attached hydrogens (tertiary/aromatic N) is 1. The lowest BCUT2D eigenvalue weighted by Gasteiger charge is -2.57. The third kappa shape index (κ3) is 2.75. The summed E-state index contributed by atoms with van der Waals surface area (Å²) in [5.74, 6) is 1.81. The third-order valence-corrected chi connectivity index (χ3v) is 7.11. The zero-order valence-corrected chi connectivity index (χ0v) is 14.6. The van der Waals surface area contributed by atoms with Crippen molar-refractivity contribution in [3.05, 3.63) is 35.9 Å². The van der Waals surface area contributed by atoms with Crippen LogP contribution >= 0.6 is 0 Å². The molecule has 0 aromatic heterocycles. The molecular weight excluding hydrogens is 314 g/mol. The van der Waals surface area contributed by atoms with Gasteiger partial charge in [0.2, 0.25) is 0 Å². The molecule has 5 fully saturated rings. The van der Waals surface area contributed by atoms with Gasteiger partial charge in [0.15, 0.2) is 0 Å². The first-order valence-corrected chi connectivity index (χ1v) is 9.82. The Bertz CT molecular complexity index is 644. The standard InChI is InChI=1S/C21H27NO3/c23-20(22-7-6-16(13-22)15-4-2-1-3-5-15)25-19-17-8-14-9-18(19)12-21(24,10-14)11-17/h1-5,14,16-19,24H,6-13H2. The number of likely N-dealkylation sites (tertiary alicyclic amines) is 1. The maximum absolute atomic E-state index is 12.7. The Hall–Kier alpha value is -1.55.